The molecule has 0 aliphatic heterocycles. The zero-order chi connectivity index (χ0) is 19.1. The van der Waals surface area contributed by atoms with Crippen molar-refractivity contribution in [3.05, 3.63) is 46.5 Å². The molecule has 5 nitrogen and oxygen atoms in total. The largest absolute Gasteiger partial charge is 0.493 e. The van der Waals surface area contributed by atoms with Crippen molar-refractivity contribution in [2.75, 3.05) is 21.3 Å². The molecule has 1 N–H and O–H groups in total. The molecule has 0 saturated heterocycles. The second-order valence-electron chi connectivity index (χ2n) is 6.05. The maximum atomic E-state index is 6.32. The summed E-state index contributed by atoms with van der Waals surface area (Å²) in [7, 11) is 4.84. The van der Waals surface area contributed by atoms with Crippen molar-refractivity contribution < 1.29 is 18.9 Å². The van der Waals surface area contributed by atoms with Crippen LogP contribution in [0.15, 0.2) is 30.3 Å². The Balaban J connectivity index is 2.03. The minimum absolute atomic E-state index is 0.0973. The first-order valence-electron chi connectivity index (χ1n) is 8.43. The number of benzene rings is 2. The third-order valence-electron chi connectivity index (χ3n) is 3.79. The average Bonchev–Trinajstić information content (AvgIpc) is 2.63. The highest BCUT2D eigenvalue weighted by atomic mass is 35.5. The van der Waals surface area contributed by atoms with E-state index < -0.39 is 0 Å². The Morgan fingerprint density at radius 2 is 1.46 bits per heavy atom. The second kappa shape index (κ2) is 9.55. The van der Waals surface area contributed by atoms with Crippen LogP contribution in [0.2, 0.25) is 5.02 Å². The van der Waals surface area contributed by atoms with Gasteiger partial charge in [0, 0.05) is 24.2 Å². The van der Waals surface area contributed by atoms with Crippen LogP contribution in [0.25, 0.3) is 0 Å². The van der Waals surface area contributed by atoms with Gasteiger partial charge >= 0.3 is 0 Å². The molecule has 0 saturated carbocycles. The summed E-state index contributed by atoms with van der Waals surface area (Å²) in [4.78, 5) is 0. The van der Waals surface area contributed by atoms with E-state index in [0.29, 0.717) is 29.6 Å². The Kier molecular flexibility index (Phi) is 7.42. The quantitative estimate of drug-likeness (QED) is 0.697. The molecule has 0 heterocycles. The number of methoxy groups -OCH3 is 3. The summed E-state index contributed by atoms with van der Waals surface area (Å²) >= 11 is 6.32. The monoisotopic (exact) mass is 379 g/mol. The van der Waals surface area contributed by atoms with Crippen molar-refractivity contribution in [2.45, 2.75) is 33.0 Å². The van der Waals surface area contributed by atoms with Crippen LogP contribution in [0.3, 0.4) is 0 Å². The molecule has 0 fully saturated rings. The smallest absolute Gasteiger partial charge is 0.162 e. The molecule has 0 radical (unpaired) electrons. The van der Waals surface area contributed by atoms with Crippen LogP contribution in [0.1, 0.15) is 25.0 Å². The van der Waals surface area contributed by atoms with Crippen LogP contribution >= 0.6 is 11.6 Å². The van der Waals surface area contributed by atoms with Gasteiger partial charge in [0.1, 0.15) is 0 Å². The fourth-order valence-corrected chi connectivity index (χ4v) is 2.77. The van der Waals surface area contributed by atoms with Gasteiger partial charge in [-0.2, -0.15) is 0 Å². The molecule has 142 valence electrons. The highest BCUT2D eigenvalue weighted by Gasteiger charge is 2.11. The van der Waals surface area contributed by atoms with Gasteiger partial charge in [-0.1, -0.05) is 17.7 Å². The molecule has 0 bridgehead atoms. The first-order valence-corrected chi connectivity index (χ1v) is 8.81. The zero-order valence-corrected chi connectivity index (χ0v) is 16.6. The Hall–Kier alpha value is -2.11. The lowest BCUT2D eigenvalue weighted by Crippen LogP contribution is -2.13. The van der Waals surface area contributed by atoms with Gasteiger partial charge in [-0.05, 0) is 43.2 Å². The normalized spacial score (nSPS) is 10.7. The average molecular weight is 380 g/mol. The van der Waals surface area contributed by atoms with E-state index in [1.807, 2.05) is 38.1 Å². The van der Waals surface area contributed by atoms with Gasteiger partial charge in [-0.3, -0.25) is 0 Å². The molecule has 26 heavy (non-hydrogen) atoms. The van der Waals surface area contributed by atoms with E-state index in [1.54, 1.807) is 27.4 Å². The predicted molar refractivity (Wildman–Crippen MR) is 104 cm³/mol. The molecule has 6 heteroatoms. The number of nitrogens with one attached hydrogen (secondary N) is 1. The Bertz CT molecular complexity index is 734. The highest BCUT2D eigenvalue weighted by molar-refractivity contribution is 6.31. The van der Waals surface area contributed by atoms with E-state index in [0.717, 1.165) is 22.6 Å². The van der Waals surface area contributed by atoms with Crippen LogP contribution < -0.4 is 24.3 Å². The predicted octanol–water partition coefficient (Wildman–Crippen LogP) is 4.44. The number of hydrogen-bond acceptors (Lipinski definition) is 5. The molecule has 0 aliphatic carbocycles. The number of hydrogen-bond donors (Lipinski definition) is 1. The standard InChI is InChI=1S/C20H26ClNO4/c1-13(2)26-17-7-6-14(8-18(17)23-3)11-22-12-15-9-19(24-4)20(25-5)10-16(15)21/h6-10,13,22H,11-12H2,1-5H3. The Morgan fingerprint density at radius 3 is 2.08 bits per heavy atom. The van der Waals surface area contributed by atoms with Gasteiger partial charge in [0.15, 0.2) is 23.0 Å². The molecule has 2 aromatic rings. The van der Waals surface area contributed by atoms with Gasteiger partial charge in [0.25, 0.3) is 0 Å². The highest BCUT2D eigenvalue weighted by Crippen LogP contribution is 2.33. The summed E-state index contributed by atoms with van der Waals surface area (Å²) in [5, 5.41) is 4.01. The SMILES string of the molecule is COc1cc(Cl)c(CNCc2ccc(OC(C)C)c(OC)c2)cc1OC. The first kappa shape index (κ1) is 20.2. The van der Waals surface area contributed by atoms with Gasteiger partial charge in [0.2, 0.25) is 0 Å². The molecule has 2 aromatic carbocycles. The molecule has 0 spiro atoms. The van der Waals surface area contributed by atoms with E-state index in [4.69, 9.17) is 30.5 Å². The van der Waals surface area contributed by atoms with Crippen LogP contribution in [-0.2, 0) is 13.1 Å². The molecule has 0 atom stereocenters. The van der Waals surface area contributed by atoms with Crippen LogP contribution in [0.4, 0.5) is 0 Å². The topological polar surface area (TPSA) is 49.0 Å². The Labute approximate surface area is 160 Å². The third-order valence-corrected chi connectivity index (χ3v) is 4.14. The van der Waals surface area contributed by atoms with Crippen molar-refractivity contribution in [3.63, 3.8) is 0 Å². The van der Waals surface area contributed by atoms with Crippen molar-refractivity contribution in [1.29, 1.82) is 0 Å². The maximum absolute atomic E-state index is 6.32. The molecular formula is C20H26ClNO4. The molecule has 0 aromatic heterocycles. The van der Waals surface area contributed by atoms with E-state index in [1.165, 1.54) is 0 Å². The maximum Gasteiger partial charge on any atom is 0.162 e. The van der Waals surface area contributed by atoms with E-state index in [-0.39, 0.29) is 6.10 Å². The van der Waals surface area contributed by atoms with Gasteiger partial charge in [0.05, 0.1) is 27.4 Å². The summed E-state index contributed by atoms with van der Waals surface area (Å²) in [6.07, 6.45) is 0.0973. The molecule has 2 rings (SSSR count). The lowest BCUT2D eigenvalue weighted by molar-refractivity contribution is 0.230. The van der Waals surface area contributed by atoms with E-state index >= 15 is 0 Å². The zero-order valence-electron chi connectivity index (χ0n) is 15.9. The lowest BCUT2D eigenvalue weighted by atomic mass is 10.1. The van der Waals surface area contributed by atoms with Gasteiger partial charge in [-0.15, -0.1) is 0 Å². The van der Waals surface area contributed by atoms with Gasteiger partial charge in [-0.25, -0.2) is 0 Å². The minimum atomic E-state index is 0.0973. The summed E-state index contributed by atoms with van der Waals surface area (Å²) in [5.41, 5.74) is 2.03. The van der Waals surface area contributed by atoms with E-state index in [9.17, 15) is 0 Å². The molecule has 0 unspecified atom stereocenters. The molecule has 0 aliphatic rings. The number of halogens is 1. The fourth-order valence-electron chi connectivity index (χ4n) is 2.55. The lowest BCUT2D eigenvalue weighted by Gasteiger charge is -2.15. The van der Waals surface area contributed by atoms with Crippen LogP contribution in [0.5, 0.6) is 23.0 Å². The minimum Gasteiger partial charge on any atom is -0.493 e. The van der Waals surface area contributed by atoms with Crippen molar-refractivity contribution in [3.8, 4) is 23.0 Å². The van der Waals surface area contributed by atoms with Crippen molar-refractivity contribution in [2.24, 2.45) is 0 Å². The van der Waals surface area contributed by atoms with E-state index in [2.05, 4.69) is 5.32 Å². The second-order valence-corrected chi connectivity index (χ2v) is 6.46. The van der Waals surface area contributed by atoms with Gasteiger partial charge < -0.3 is 24.3 Å². The van der Waals surface area contributed by atoms with Crippen LogP contribution in [0, 0.1) is 0 Å². The molecular weight excluding hydrogens is 354 g/mol. The third kappa shape index (κ3) is 5.19. The fraction of sp³-hybridized carbons (Fsp3) is 0.400. The van der Waals surface area contributed by atoms with Crippen molar-refractivity contribution >= 4 is 11.6 Å². The van der Waals surface area contributed by atoms with Crippen molar-refractivity contribution in [1.82, 2.24) is 5.32 Å². The first-order chi connectivity index (χ1) is 12.5. The summed E-state index contributed by atoms with van der Waals surface area (Å²) in [6.45, 7) is 5.25. The Morgan fingerprint density at radius 1 is 0.846 bits per heavy atom. The number of rotatable bonds is 9. The molecule has 0 amide bonds. The summed E-state index contributed by atoms with van der Waals surface area (Å²) in [6, 6.07) is 9.57. The van der Waals surface area contributed by atoms with Crippen LogP contribution in [-0.4, -0.2) is 27.4 Å². The summed E-state index contributed by atoms with van der Waals surface area (Å²) in [5.74, 6) is 2.74. The number of ether oxygens (including phenoxy) is 4. The summed E-state index contributed by atoms with van der Waals surface area (Å²) < 4.78 is 21.7.